The highest BCUT2D eigenvalue weighted by Gasteiger charge is 2.39. The van der Waals surface area contributed by atoms with E-state index in [1.165, 1.54) is 0 Å². The summed E-state index contributed by atoms with van der Waals surface area (Å²) in [5.74, 6) is 0.429. The minimum Gasteiger partial charge on any atom is -0.487 e. The Kier molecular flexibility index (Phi) is 7.13. The van der Waals surface area contributed by atoms with Gasteiger partial charge in [0.15, 0.2) is 0 Å². The molecular formula is C26H36N2O4S. The van der Waals surface area contributed by atoms with Gasteiger partial charge >= 0.3 is 0 Å². The Morgan fingerprint density at radius 3 is 2.24 bits per heavy atom. The average Bonchev–Trinajstić information content (AvgIpc) is 2.76. The Morgan fingerprint density at radius 2 is 1.70 bits per heavy atom. The number of ether oxygens (including phenoxy) is 1. The Bertz CT molecular complexity index is 1080. The highest BCUT2D eigenvalue weighted by Crippen LogP contribution is 2.42. The number of nitrogens with one attached hydrogen (secondary N) is 1. The van der Waals surface area contributed by atoms with Gasteiger partial charge in [-0.25, -0.2) is 8.42 Å². The standard InChI is InChI=1S/C26H36N2O4S/c1-7-26(8-2)17-22(21-11-9-10-12-23(21)32-26)27-24(29)18-28(33(6,30)31)20-15-13-19(14-16-20)25(3,4)5/h9-16,22H,7-8,17-18H2,1-6H3,(H,27,29). The number of benzene rings is 2. The van der Waals surface area contributed by atoms with Crippen LogP contribution in [0.5, 0.6) is 5.75 Å². The van der Waals surface area contributed by atoms with Crippen LogP contribution >= 0.6 is 0 Å². The quantitative estimate of drug-likeness (QED) is 0.619. The number of carbonyl (C=O) groups is 1. The van der Waals surface area contributed by atoms with Crippen LogP contribution in [0.15, 0.2) is 48.5 Å². The first-order valence-electron chi connectivity index (χ1n) is 11.5. The van der Waals surface area contributed by atoms with Gasteiger partial charge in [-0.05, 0) is 42.0 Å². The van der Waals surface area contributed by atoms with Gasteiger partial charge in [0.2, 0.25) is 15.9 Å². The summed E-state index contributed by atoms with van der Waals surface area (Å²) in [4.78, 5) is 13.1. The molecule has 33 heavy (non-hydrogen) atoms. The predicted octanol–water partition coefficient (Wildman–Crippen LogP) is 4.95. The van der Waals surface area contributed by atoms with Gasteiger partial charge in [0.05, 0.1) is 18.0 Å². The lowest BCUT2D eigenvalue weighted by Gasteiger charge is -2.41. The number of rotatable bonds is 7. The van der Waals surface area contributed by atoms with Crippen LogP contribution < -0.4 is 14.4 Å². The summed E-state index contributed by atoms with van der Waals surface area (Å²) in [6, 6.07) is 14.8. The summed E-state index contributed by atoms with van der Waals surface area (Å²) in [7, 11) is -3.65. The molecule has 1 N–H and O–H groups in total. The maximum Gasteiger partial charge on any atom is 0.241 e. The fraction of sp³-hybridized carbons (Fsp3) is 0.500. The van der Waals surface area contributed by atoms with E-state index in [1.54, 1.807) is 12.1 Å². The molecule has 1 heterocycles. The van der Waals surface area contributed by atoms with Crippen molar-refractivity contribution < 1.29 is 17.9 Å². The number of hydrogen-bond donors (Lipinski definition) is 1. The molecule has 0 saturated heterocycles. The van der Waals surface area contributed by atoms with Crippen molar-refractivity contribution in [1.82, 2.24) is 5.32 Å². The largest absolute Gasteiger partial charge is 0.487 e. The van der Waals surface area contributed by atoms with Gasteiger partial charge in [-0.3, -0.25) is 9.10 Å². The van der Waals surface area contributed by atoms with Gasteiger partial charge in [0.1, 0.15) is 17.9 Å². The van der Waals surface area contributed by atoms with E-state index in [2.05, 4.69) is 39.9 Å². The second-order valence-electron chi connectivity index (χ2n) is 9.92. The molecular weight excluding hydrogens is 436 g/mol. The van der Waals surface area contributed by atoms with E-state index in [-0.39, 0.29) is 29.5 Å². The Morgan fingerprint density at radius 1 is 1.09 bits per heavy atom. The molecule has 0 aliphatic carbocycles. The molecule has 0 radical (unpaired) electrons. The lowest BCUT2D eigenvalue weighted by molar-refractivity contribution is -0.121. The van der Waals surface area contributed by atoms with Crippen LogP contribution in [0.1, 0.15) is 71.0 Å². The fourth-order valence-corrected chi connectivity index (χ4v) is 5.18. The van der Waals surface area contributed by atoms with E-state index in [4.69, 9.17) is 4.74 Å². The Labute approximate surface area is 198 Å². The van der Waals surface area contributed by atoms with E-state index in [0.717, 1.165) is 40.3 Å². The van der Waals surface area contributed by atoms with Gasteiger partial charge in [-0.1, -0.05) is 65.0 Å². The second-order valence-corrected chi connectivity index (χ2v) is 11.8. The molecule has 7 heteroatoms. The number of carbonyl (C=O) groups excluding carboxylic acids is 1. The van der Waals surface area contributed by atoms with Crippen molar-refractivity contribution in [3.8, 4) is 5.75 Å². The van der Waals surface area contributed by atoms with Crippen molar-refractivity contribution in [3.05, 3.63) is 59.7 Å². The SMILES string of the molecule is CCC1(CC)CC(NC(=O)CN(c2ccc(C(C)(C)C)cc2)S(C)(=O)=O)c2ccccc2O1. The fourth-order valence-electron chi connectivity index (χ4n) is 4.33. The maximum absolute atomic E-state index is 13.1. The number of nitrogens with zero attached hydrogens (tertiary/aromatic N) is 1. The van der Waals surface area contributed by atoms with Crippen LogP contribution in [0, 0.1) is 0 Å². The molecule has 1 aliphatic heterocycles. The van der Waals surface area contributed by atoms with Crippen LogP contribution in [0.3, 0.4) is 0 Å². The number of para-hydroxylation sites is 1. The normalized spacial score (nSPS) is 17.6. The van der Waals surface area contributed by atoms with Gasteiger partial charge < -0.3 is 10.1 Å². The van der Waals surface area contributed by atoms with Crippen molar-refractivity contribution in [2.24, 2.45) is 0 Å². The molecule has 0 aromatic heterocycles. The first-order valence-corrected chi connectivity index (χ1v) is 13.4. The molecule has 2 aromatic rings. The average molecular weight is 473 g/mol. The molecule has 1 amide bonds. The molecule has 1 atom stereocenters. The van der Waals surface area contributed by atoms with Gasteiger partial charge in [0.25, 0.3) is 0 Å². The van der Waals surface area contributed by atoms with Crippen LogP contribution in [-0.4, -0.2) is 32.7 Å². The van der Waals surface area contributed by atoms with E-state index >= 15 is 0 Å². The number of sulfonamides is 1. The maximum atomic E-state index is 13.1. The van der Waals surface area contributed by atoms with Crippen molar-refractivity contribution in [1.29, 1.82) is 0 Å². The van der Waals surface area contributed by atoms with Gasteiger partial charge in [-0.15, -0.1) is 0 Å². The van der Waals surface area contributed by atoms with Crippen LogP contribution in [0.2, 0.25) is 0 Å². The van der Waals surface area contributed by atoms with E-state index in [1.807, 2.05) is 36.4 Å². The third-order valence-corrected chi connectivity index (χ3v) is 7.67. The van der Waals surface area contributed by atoms with Crippen molar-refractivity contribution >= 4 is 21.6 Å². The van der Waals surface area contributed by atoms with Crippen molar-refractivity contribution in [2.45, 2.75) is 70.9 Å². The van der Waals surface area contributed by atoms with Crippen molar-refractivity contribution in [3.63, 3.8) is 0 Å². The summed E-state index contributed by atoms with van der Waals surface area (Å²) in [5, 5.41) is 3.08. The van der Waals surface area contributed by atoms with Crippen molar-refractivity contribution in [2.75, 3.05) is 17.1 Å². The number of fused-ring (bicyclic) bond motifs is 1. The molecule has 1 aliphatic rings. The van der Waals surface area contributed by atoms with E-state index in [9.17, 15) is 13.2 Å². The van der Waals surface area contributed by atoms with Crippen LogP contribution in [0.4, 0.5) is 5.69 Å². The Balaban J connectivity index is 1.84. The van der Waals surface area contributed by atoms with Crippen LogP contribution in [-0.2, 0) is 20.2 Å². The first kappa shape index (κ1) is 25.1. The van der Waals surface area contributed by atoms with E-state index in [0.29, 0.717) is 12.1 Å². The molecule has 0 saturated carbocycles. The second kappa shape index (κ2) is 9.37. The smallest absolute Gasteiger partial charge is 0.241 e. The molecule has 0 spiro atoms. The third kappa shape index (κ3) is 5.69. The van der Waals surface area contributed by atoms with E-state index < -0.39 is 10.0 Å². The molecule has 0 fully saturated rings. The summed E-state index contributed by atoms with van der Waals surface area (Å²) in [5.41, 5.74) is 2.09. The molecule has 1 unspecified atom stereocenters. The summed E-state index contributed by atoms with van der Waals surface area (Å²) < 4.78 is 32.6. The minimum atomic E-state index is -3.65. The molecule has 0 bridgehead atoms. The number of hydrogen-bond acceptors (Lipinski definition) is 4. The number of amides is 1. The lowest BCUT2D eigenvalue weighted by Crippen LogP contribution is -2.47. The Hall–Kier alpha value is -2.54. The predicted molar refractivity (Wildman–Crippen MR) is 133 cm³/mol. The molecule has 180 valence electrons. The highest BCUT2D eigenvalue weighted by molar-refractivity contribution is 7.92. The summed E-state index contributed by atoms with van der Waals surface area (Å²) >= 11 is 0. The third-order valence-electron chi connectivity index (χ3n) is 6.53. The molecule has 2 aromatic carbocycles. The summed E-state index contributed by atoms with van der Waals surface area (Å²) in [6.45, 7) is 10.2. The monoisotopic (exact) mass is 472 g/mol. The number of anilines is 1. The lowest BCUT2D eigenvalue weighted by atomic mass is 9.83. The zero-order chi connectivity index (χ0) is 24.4. The van der Waals surface area contributed by atoms with Gasteiger partial charge in [0, 0.05) is 12.0 Å². The molecule has 6 nitrogen and oxygen atoms in total. The zero-order valence-corrected chi connectivity index (χ0v) is 21.3. The summed E-state index contributed by atoms with van der Waals surface area (Å²) in [6.07, 6.45) is 3.41. The van der Waals surface area contributed by atoms with Gasteiger partial charge in [-0.2, -0.15) is 0 Å². The molecule has 3 rings (SSSR count). The highest BCUT2D eigenvalue weighted by atomic mass is 32.2. The zero-order valence-electron chi connectivity index (χ0n) is 20.5. The van der Waals surface area contributed by atoms with Crippen LogP contribution in [0.25, 0.3) is 0 Å². The first-order chi connectivity index (χ1) is 15.4. The topological polar surface area (TPSA) is 75.7 Å². The minimum absolute atomic E-state index is 0.0483.